The molecule has 2 unspecified atom stereocenters. The van der Waals surface area contributed by atoms with E-state index in [1.807, 2.05) is 30.7 Å². The van der Waals surface area contributed by atoms with Crippen molar-refractivity contribution in [3.05, 3.63) is 27.2 Å². The van der Waals surface area contributed by atoms with Crippen molar-refractivity contribution in [2.45, 2.75) is 36.7 Å². The van der Waals surface area contributed by atoms with Gasteiger partial charge < -0.3 is 10.3 Å². The van der Waals surface area contributed by atoms with Gasteiger partial charge in [0.05, 0.1) is 9.59 Å². The van der Waals surface area contributed by atoms with Crippen LogP contribution in [0.1, 0.15) is 29.3 Å². The number of hydrogen-bond donors (Lipinski definition) is 1. The molecule has 104 valence electrons. The van der Waals surface area contributed by atoms with Crippen LogP contribution in [0.3, 0.4) is 0 Å². The topological polar surface area (TPSA) is 56.7 Å². The number of nitrogens with zero attached hydrogens (tertiary/aromatic N) is 3. The van der Waals surface area contributed by atoms with Gasteiger partial charge >= 0.3 is 0 Å². The third-order valence-corrected chi connectivity index (χ3v) is 5.91. The van der Waals surface area contributed by atoms with Gasteiger partial charge in [-0.15, -0.1) is 21.5 Å². The van der Waals surface area contributed by atoms with Crippen molar-refractivity contribution in [1.29, 1.82) is 0 Å². The number of hydrogen-bond acceptors (Lipinski definition) is 5. The third-order valence-electron chi connectivity index (χ3n) is 3.02. The molecule has 19 heavy (non-hydrogen) atoms. The van der Waals surface area contributed by atoms with Crippen molar-refractivity contribution in [3.63, 3.8) is 0 Å². The fourth-order valence-electron chi connectivity index (χ4n) is 1.66. The average molecular weight is 317 g/mol. The summed E-state index contributed by atoms with van der Waals surface area (Å²) in [6.07, 6.45) is 0.907. The number of rotatable bonds is 5. The van der Waals surface area contributed by atoms with Crippen LogP contribution in [0.2, 0.25) is 4.34 Å². The number of nitrogens with two attached hydrogens (primary N) is 1. The second-order valence-corrected chi connectivity index (χ2v) is 7.20. The molecule has 0 aromatic carbocycles. The van der Waals surface area contributed by atoms with Crippen LogP contribution in [-0.2, 0) is 7.05 Å². The zero-order valence-electron chi connectivity index (χ0n) is 11.1. The molecule has 2 aromatic rings. The molecule has 2 rings (SSSR count). The van der Waals surface area contributed by atoms with Gasteiger partial charge in [-0.3, -0.25) is 0 Å². The van der Waals surface area contributed by atoms with Gasteiger partial charge in [0.25, 0.3) is 0 Å². The number of aromatic nitrogens is 3. The molecule has 0 aliphatic rings. The van der Waals surface area contributed by atoms with Gasteiger partial charge in [0.1, 0.15) is 5.82 Å². The predicted molar refractivity (Wildman–Crippen MR) is 81.9 cm³/mol. The third kappa shape index (κ3) is 3.31. The van der Waals surface area contributed by atoms with E-state index in [-0.39, 0.29) is 11.3 Å². The van der Waals surface area contributed by atoms with Crippen LogP contribution >= 0.6 is 34.7 Å². The lowest BCUT2D eigenvalue weighted by Gasteiger charge is -2.20. The number of thiophene rings is 1. The molecule has 0 saturated heterocycles. The lowest BCUT2D eigenvalue weighted by Crippen LogP contribution is -2.25. The summed E-state index contributed by atoms with van der Waals surface area (Å²) in [5.41, 5.74) is 6.25. The molecule has 0 aliphatic heterocycles. The monoisotopic (exact) mass is 316 g/mol. The van der Waals surface area contributed by atoms with Gasteiger partial charge in [0.2, 0.25) is 0 Å². The summed E-state index contributed by atoms with van der Waals surface area (Å²) in [5.74, 6) is 0.899. The Morgan fingerprint density at radius 2 is 2.21 bits per heavy atom. The first kappa shape index (κ1) is 14.8. The summed E-state index contributed by atoms with van der Waals surface area (Å²) in [4.78, 5) is 1.19. The Kier molecular flexibility index (Phi) is 4.89. The van der Waals surface area contributed by atoms with Crippen LogP contribution in [0, 0.1) is 6.92 Å². The molecule has 4 nitrogen and oxygen atoms in total. The van der Waals surface area contributed by atoms with Gasteiger partial charge in [-0.05, 0) is 25.5 Å². The molecule has 0 fully saturated rings. The number of thioether (sulfide) groups is 1. The molecule has 2 aromatic heterocycles. The summed E-state index contributed by atoms with van der Waals surface area (Å²) in [5, 5.41) is 9.32. The van der Waals surface area contributed by atoms with Gasteiger partial charge in [-0.25, -0.2) is 0 Å². The quantitative estimate of drug-likeness (QED) is 0.859. The van der Waals surface area contributed by atoms with E-state index in [0.717, 1.165) is 21.7 Å². The van der Waals surface area contributed by atoms with Crippen LogP contribution in [0.25, 0.3) is 0 Å². The highest BCUT2D eigenvalue weighted by Gasteiger charge is 2.24. The maximum absolute atomic E-state index is 6.25. The summed E-state index contributed by atoms with van der Waals surface area (Å²) in [6.45, 7) is 4.03. The standard InChI is InChI=1S/C12H17ClN4S2/c1-4-8(14)11(9-5-6-10(13)18-9)19-12-16-15-7(2)17(12)3/h5-6,8,11H,4,14H2,1-3H3. The molecule has 0 bridgehead atoms. The number of aryl methyl sites for hydroxylation is 1. The average Bonchev–Trinajstić information content (AvgIpc) is 2.95. The highest BCUT2D eigenvalue weighted by atomic mass is 35.5. The molecule has 2 heterocycles. The van der Waals surface area contributed by atoms with Crippen molar-refractivity contribution < 1.29 is 0 Å². The van der Waals surface area contributed by atoms with Gasteiger partial charge in [0, 0.05) is 18.0 Å². The molecule has 7 heteroatoms. The van der Waals surface area contributed by atoms with Crippen molar-refractivity contribution in [2.75, 3.05) is 0 Å². The lowest BCUT2D eigenvalue weighted by molar-refractivity contribution is 0.635. The van der Waals surface area contributed by atoms with E-state index >= 15 is 0 Å². The molecule has 0 amide bonds. The van der Waals surface area contributed by atoms with Gasteiger partial charge in [0.15, 0.2) is 5.16 Å². The molecular weight excluding hydrogens is 300 g/mol. The summed E-state index contributed by atoms with van der Waals surface area (Å²) >= 11 is 9.26. The minimum atomic E-state index is 0.0664. The molecule has 0 saturated carbocycles. The maximum Gasteiger partial charge on any atom is 0.191 e. The van der Waals surface area contributed by atoms with Crippen LogP contribution in [-0.4, -0.2) is 20.8 Å². The summed E-state index contributed by atoms with van der Waals surface area (Å²) in [7, 11) is 1.97. The Morgan fingerprint density at radius 1 is 1.47 bits per heavy atom. The molecule has 0 spiro atoms. The van der Waals surface area contributed by atoms with Crippen molar-refractivity contribution in [1.82, 2.24) is 14.8 Å². The highest BCUT2D eigenvalue weighted by Crippen LogP contribution is 2.41. The SMILES string of the molecule is CCC(N)C(Sc1nnc(C)n1C)c1ccc(Cl)s1. The molecular formula is C12H17ClN4S2. The first-order chi connectivity index (χ1) is 9.02. The van der Waals surface area contributed by atoms with Gasteiger partial charge in [-0.2, -0.15) is 0 Å². The van der Waals surface area contributed by atoms with E-state index in [0.29, 0.717) is 0 Å². The van der Waals surface area contributed by atoms with Gasteiger partial charge in [-0.1, -0.05) is 30.3 Å². The summed E-state index contributed by atoms with van der Waals surface area (Å²) < 4.78 is 2.77. The molecule has 2 atom stereocenters. The fraction of sp³-hybridized carbons (Fsp3) is 0.500. The van der Waals surface area contributed by atoms with Crippen LogP contribution in [0.4, 0.5) is 0 Å². The van der Waals surface area contributed by atoms with E-state index in [1.165, 1.54) is 4.88 Å². The minimum absolute atomic E-state index is 0.0664. The first-order valence-corrected chi connectivity index (χ1v) is 8.13. The predicted octanol–water partition coefficient (Wildman–Crippen LogP) is 3.41. The zero-order chi connectivity index (χ0) is 14.0. The Labute approximate surface area is 126 Å². The van der Waals surface area contributed by atoms with Crippen LogP contribution in [0.15, 0.2) is 17.3 Å². The van der Waals surface area contributed by atoms with E-state index in [4.69, 9.17) is 17.3 Å². The fourth-order valence-corrected chi connectivity index (χ4v) is 4.23. The van der Waals surface area contributed by atoms with E-state index in [2.05, 4.69) is 17.1 Å². The van der Waals surface area contributed by atoms with Crippen LogP contribution in [0.5, 0.6) is 0 Å². The summed E-state index contributed by atoms with van der Waals surface area (Å²) in [6, 6.07) is 4.03. The Hall–Kier alpha value is -0.560. The lowest BCUT2D eigenvalue weighted by atomic mass is 10.1. The van der Waals surface area contributed by atoms with Crippen molar-refractivity contribution >= 4 is 34.7 Å². The molecule has 0 radical (unpaired) electrons. The van der Waals surface area contributed by atoms with E-state index < -0.39 is 0 Å². The maximum atomic E-state index is 6.25. The van der Waals surface area contributed by atoms with Crippen molar-refractivity contribution in [3.8, 4) is 0 Å². The second-order valence-electron chi connectivity index (χ2n) is 4.34. The van der Waals surface area contributed by atoms with Crippen molar-refractivity contribution in [2.24, 2.45) is 12.8 Å². The first-order valence-electron chi connectivity index (χ1n) is 6.06. The molecule has 2 N–H and O–H groups in total. The largest absolute Gasteiger partial charge is 0.326 e. The number of halogens is 1. The second kappa shape index (κ2) is 6.26. The minimum Gasteiger partial charge on any atom is -0.326 e. The van der Waals surface area contributed by atoms with Crippen LogP contribution < -0.4 is 5.73 Å². The highest BCUT2D eigenvalue weighted by molar-refractivity contribution is 7.99. The Bertz CT molecular complexity index is 552. The smallest absolute Gasteiger partial charge is 0.191 e. The Morgan fingerprint density at radius 3 is 2.68 bits per heavy atom. The molecule has 0 aliphatic carbocycles. The normalized spacial score (nSPS) is 14.6. The zero-order valence-corrected chi connectivity index (χ0v) is 13.5. The Balaban J connectivity index is 2.26. The van der Waals surface area contributed by atoms with E-state index in [1.54, 1.807) is 23.1 Å². The van der Waals surface area contributed by atoms with E-state index in [9.17, 15) is 0 Å².